The van der Waals surface area contributed by atoms with E-state index < -0.39 is 5.60 Å². The molecule has 2 saturated heterocycles. The minimum atomic E-state index is -0.492. The van der Waals surface area contributed by atoms with E-state index in [2.05, 4.69) is 52.8 Å². The third-order valence-electron chi connectivity index (χ3n) is 6.93. The molecule has 1 amide bonds. The second-order valence-electron chi connectivity index (χ2n) is 8.71. The first-order valence-corrected chi connectivity index (χ1v) is 12.2. The lowest BCUT2D eigenvalue weighted by atomic mass is 9.88. The molecule has 0 aromatic heterocycles. The summed E-state index contributed by atoms with van der Waals surface area (Å²) < 4.78 is 5.70. The first kappa shape index (κ1) is 21.0. The Kier molecular flexibility index (Phi) is 5.57. The summed E-state index contributed by atoms with van der Waals surface area (Å²) in [5, 5.41) is 1.22. The molecule has 1 aromatic carbocycles. The molecule has 7 heteroatoms. The largest absolute Gasteiger partial charge is 0.436 e. The van der Waals surface area contributed by atoms with Gasteiger partial charge in [0.05, 0.1) is 22.7 Å². The van der Waals surface area contributed by atoms with Crippen molar-refractivity contribution in [2.24, 2.45) is 0 Å². The van der Waals surface area contributed by atoms with Crippen LogP contribution in [-0.2, 0) is 4.74 Å². The van der Waals surface area contributed by atoms with Crippen LogP contribution in [-0.4, -0.2) is 66.0 Å². The van der Waals surface area contributed by atoms with Gasteiger partial charge < -0.3 is 14.5 Å². The van der Waals surface area contributed by atoms with Crippen LogP contribution in [0.4, 0.5) is 10.5 Å². The van der Waals surface area contributed by atoms with Crippen LogP contribution in [0.2, 0.25) is 0 Å². The third kappa shape index (κ3) is 3.79. The topological polar surface area (TPSA) is 36.0 Å². The zero-order valence-electron chi connectivity index (χ0n) is 17.8. The Morgan fingerprint density at radius 3 is 2.77 bits per heavy atom. The minimum Gasteiger partial charge on any atom is -0.436 e. The van der Waals surface area contributed by atoms with Gasteiger partial charge in [0.25, 0.3) is 0 Å². The van der Waals surface area contributed by atoms with Crippen molar-refractivity contribution in [3.05, 3.63) is 59.8 Å². The lowest BCUT2D eigenvalue weighted by molar-refractivity contribution is 0.0147. The van der Waals surface area contributed by atoms with E-state index in [0.717, 1.165) is 56.2 Å². The number of hydrogen-bond acceptors (Lipinski definition) is 5. The van der Waals surface area contributed by atoms with Crippen LogP contribution in [0.25, 0.3) is 0 Å². The second-order valence-corrected chi connectivity index (χ2v) is 10.4. The highest BCUT2D eigenvalue weighted by atomic mass is 35.5. The van der Waals surface area contributed by atoms with Gasteiger partial charge in [-0.25, -0.2) is 4.79 Å². The number of rotatable bonds is 4. The molecular weight excluding hydrogens is 430 g/mol. The predicted octanol–water partition coefficient (Wildman–Crippen LogP) is 4.85. The molecule has 5 nitrogen and oxygen atoms in total. The van der Waals surface area contributed by atoms with Gasteiger partial charge in [0.1, 0.15) is 0 Å². The second kappa shape index (κ2) is 8.23. The van der Waals surface area contributed by atoms with Gasteiger partial charge in [-0.3, -0.25) is 4.90 Å². The van der Waals surface area contributed by atoms with Gasteiger partial charge in [0, 0.05) is 49.5 Å². The van der Waals surface area contributed by atoms with Crippen molar-refractivity contribution in [2.45, 2.75) is 41.1 Å². The summed E-state index contributed by atoms with van der Waals surface area (Å²) in [6, 6.07) is 8.96. The first-order chi connectivity index (χ1) is 15.0. The van der Waals surface area contributed by atoms with Crippen molar-refractivity contribution in [3.63, 3.8) is 0 Å². The van der Waals surface area contributed by atoms with Crippen LogP contribution in [0.15, 0.2) is 64.7 Å². The highest BCUT2D eigenvalue weighted by Crippen LogP contribution is 2.44. The number of thioether (sulfide) groups is 1. The fourth-order valence-corrected chi connectivity index (χ4v) is 6.55. The lowest BCUT2D eigenvalue weighted by Gasteiger charge is -2.43. The first-order valence-electron chi connectivity index (χ1n) is 10.9. The van der Waals surface area contributed by atoms with Gasteiger partial charge in [-0.15, -0.1) is 11.8 Å². The number of fused-ring (bicyclic) bond motifs is 2. The number of piperidine rings is 1. The van der Waals surface area contributed by atoms with E-state index in [4.69, 9.17) is 16.3 Å². The number of nitrogens with zero attached hydrogens (tertiary/aromatic N) is 3. The average molecular weight is 458 g/mol. The molecule has 2 unspecified atom stereocenters. The molecule has 0 N–H and O–H groups in total. The van der Waals surface area contributed by atoms with Gasteiger partial charge in [-0.1, -0.05) is 36.4 Å². The molecule has 0 radical (unpaired) electrons. The van der Waals surface area contributed by atoms with E-state index in [0.29, 0.717) is 11.3 Å². The zero-order valence-corrected chi connectivity index (χ0v) is 19.4. The standard InChI is InChI=1S/C24H28ClN3O2S/c1-17-24(30-23(29)26(17)2)10-14-27(15-11-24)12-5-13-28-19-6-3-4-7-21(19)31-22-9-8-18(25)16-20(22)28/h3-4,6-9,16,20,22H,1,5,10-15H2,2H3. The molecule has 5 rings (SSSR count). The number of likely N-dealkylation sites (tertiary alicyclic amines) is 1. The molecule has 2 atom stereocenters. The highest BCUT2D eigenvalue weighted by molar-refractivity contribution is 8.00. The average Bonchev–Trinajstić information content (AvgIpc) is 2.98. The van der Waals surface area contributed by atoms with E-state index in [1.165, 1.54) is 10.6 Å². The van der Waals surface area contributed by atoms with Crippen LogP contribution in [0.3, 0.4) is 0 Å². The maximum Gasteiger partial charge on any atom is 0.414 e. The van der Waals surface area contributed by atoms with Crippen molar-refractivity contribution in [1.82, 2.24) is 9.80 Å². The molecule has 1 spiro atoms. The Morgan fingerprint density at radius 1 is 1.26 bits per heavy atom. The van der Waals surface area contributed by atoms with Gasteiger partial charge >= 0.3 is 6.09 Å². The highest BCUT2D eigenvalue weighted by Gasteiger charge is 2.49. The van der Waals surface area contributed by atoms with Crippen LogP contribution < -0.4 is 4.90 Å². The summed E-state index contributed by atoms with van der Waals surface area (Å²) in [6.07, 6.45) is 8.88. The molecule has 3 aliphatic heterocycles. The summed E-state index contributed by atoms with van der Waals surface area (Å²) in [6.45, 7) is 7.97. The summed E-state index contributed by atoms with van der Waals surface area (Å²) in [4.78, 5) is 19.8. The molecular formula is C24H28ClN3O2S. The smallest absolute Gasteiger partial charge is 0.414 e. The van der Waals surface area contributed by atoms with Gasteiger partial charge in [-0.05, 0) is 37.3 Å². The Hall–Kier alpha value is -1.89. The van der Waals surface area contributed by atoms with E-state index in [1.807, 2.05) is 17.8 Å². The maximum absolute atomic E-state index is 11.9. The number of halogens is 1. The normalized spacial score (nSPS) is 27.2. The fraction of sp³-hybridized carbons (Fsp3) is 0.458. The van der Waals surface area contributed by atoms with Crippen LogP contribution in [0.1, 0.15) is 19.3 Å². The van der Waals surface area contributed by atoms with Gasteiger partial charge in [0.2, 0.25) is 0 Å². The number of allylic oxidation sites excluding steroid dienone is 2. The number of hydrogen-bond donors (Lipinski definition) is 0. The van der Waals surface area contributed by atoms with Gasteiger partial charge in [0.15, 0.2) is 5.60 Å². The summed E-state index contributed by atoms with van der Waals surface area (Å²) >= 11 is 8.28. The molecule has 0 saturated carbocycles. The number of carbonyl (C=O) groups excluding carboxylic acids is 1. The third-order valence-corrected chi connectivity index (χ3v) is 8.49. The van der Waals surface area contributed by atoms with E-state index in [1.54, 1.807) is 11.9 Å². The number of amides is 1. The number of carbonyl (C=O) groups is 1. The van der Waals surface area contributed by atoms with Crippen LogP contribution in [0.5, 0.6) is 0 Å². The number of anilines is 1. The van der Waals surface area contributed by atoms with Crippen molar-refractivity contribution in [1.29, 1.82) is 0 Å². The van der Waals surface area contributed by atoms with Crippen LogP contribution >= 0.6 is 23.4 Å². The Balaban J connectivity index is 1.21. The van der Waals surface area contributed by atoms with Crippen molar-refractivity contribution in [2.75, 3.05) is 38.1 Å². The summed E-state index contributed by atoms with van der Waals surface area (Å²) in [5.41, 5.74) is 1.62. The Bertz CT molecular complexity index is 954. The molecule has 0 bridgehead atoms. The molecule has 4 aliphatic rings. The predicted molar refractivity (Wildman–Crippen MR) is 127 cm³/mol. The Labute approximate surface area is 193 Å². The zero-order chi connectivity index (χ0) is 21.6. The lowest BCUT2D eigenvalue weighted by Crippen LogP contribution is -2.47. The van der Waals surface area contributed by atoms with Crippen molar-refractivity contribution < 1.29 is 9.53 Å². The number of ether oxygens (including phenoxy) is 1. The number of likely N-dealkylation sites (N-methyl/N-ethyl adjacent to an activating group) is 1. The minimum absolute atomic E-state index is 0.275. The number of para-hydroxylation sites is 1. The molecule has 2 fully saturated rings. The molecule has 31 heavy (non-hydrogen) atoms. The van der Waals surface area contributed by atoms with Crippen molar-refractivity contribution >= 4 is 35.1 Å². The molecule has 1 aliphatic carbocycles. The van der Waals surface area contributed by atoms with Crippen molar-refractivity contribution in [3.8, 4) is 0 Å². The van der Waals surface area contributed by atoms with E-state index >= 15 is 0 Å². The molecule has 1 aromatic rings. The summed E-state index contributed by atoms with van der Waals surface area (Å²) in [5.74, 6) is 0. The number of benzene rings is 1. The van der Waals surface area contributed by atoms with Gasteiger partial charge in [-0.2, -0.15) is 0 Å². The van der Waals surface area contributed by atoms with E-state index in [9.17, 15) is 4.79 Å². The monoisotopic (exact) mass is 457 g/mol. The van der Waals surface area contributed by atoms with E-state index in [-0.39, 0.29) is 6.09 Å². The summed E-state index contributed by atoms with van der Waals surface area (Å²) in [7, 11) is 1.74. The molecule has 3 heterocycles. The SMILES string of the molecule is C=C1N(C)C(=O)OC12CCN(CCCN1c3ccccc3SC3C=CC(Cl)=CC31)CC2. The fourth-order valence-electron chi connectivity index (χ4n) is 5.06. The Morgan fingerprint density at radius 2 is 2.03 bits per heavy atom. The van der Waals surface area contributed by atoms with Crippen LogP contribution in [0, 0.1) is 0 Å². The molecule has 164 valence electrons. The quantitative estimate of drug-likeness (QED) is 0.646. The maximum atomic E-state index is 11.9.